The van der Waals surface area contributed by atoms with E-state index < -0.39 is 10.8 Å². The van der Waals surface area contributed by atoms with Gasteiger partial charge < -0.3 is 15.1 Å². The minimum Gasteiger partial charge on any atom is -0.324 e. The molecular formula is C28H30N6O3S. The van der Waals surface area contributed by atoms with Crippen LogP contribution in [0.2, 0.25) is 0 Å². The van der Waals surface area contributed by atoms with E-state index in [1.54, 1.807) is 29.3 Å². The number of anilines is 4. The lowest BCUT2D eigenvalue weighted by Crippen LogP contribution is -2.49. The van der Waals surface area contributed by atoms with Crippen LogP contribution in [0.15, 0.2) is 61.3 Å². The van der Waals surface area contributed by atoms with Gasteiger partial charge in [0.05, 0.1) is 18.3 Å². The molecule has 0 radical (unpaired) electrons. The molecular weight excluding hydrogens is 500 g/mol. The third-order valence-electron chi connectivity index (χ3n) is 6.95. The molecule has 0 spiro atoms. The van der Waals surface area contributed by atoms with Crippen molar-refractivity contribution in [3.05, 3.63) is 83.6 Å². The van der Waals surface area contributed by atoms with Crippen LogP contribution >= 0.6 is 0 Å². The highest BCUT2D eigenvalue weighted by atomic mass is 32.2. The number of aromatic nitrogens is 2. The van der Waals surface area contributed by atoms with E-state index in [2.05, 4.69) is 21.9 Å². The summed E-state index contributed by atoms with van der Waals surface area (Å²) in [7, 11) is 0.818. The predicted molar refractivity (Wildman–Crippen MR) is 150 cm³/mol. The van der Waals surface area contributed by atoms with E-state index in [4.69, 9.17) is 0 Å². The van der Waals surface area contributed by atoms with Crippen molar-refractivity contribution >= 4 is 45.9 Å². The molecule has 2 atom stereocenters. The summed E-state index contributed by atoms with van der Waals surface area (Å²) in [5, 5.41) is 3.19. The molecule has 9 nitrogen and oxygen atoms in total. The Kier molecular flexibility index (Phi) is 6.98. The molecule has 196 valence electrons. The minimum atomic E-state index is -0.901. The second-order valence-electron chi connectivity index (χ2n) is 9.56. The van der Waals surface area contributed by atoms with Crippen LogP contribution in [0.3, 0.4) is 0 Å². The third-order valence-corrected chi connectivity index (χ3v) is 7.69. The van der Waals surface area contributed by atoms with Crippen LogP contribution in [0.1, 0.15) is 34.7 Å². The van der Waals surface area contributed by atoms with Crippen LogP contribution in [-0.2, 0) is 27.9 Å². The number of carbonyl (C=O) groups excluding carboxylic acids is 2. The van der Waals surface area contributed by atoms with Crippen LogP contribution in [0.25, 0.3) is 0 Å². The predicted octanol–water partition coefficient (Wildman–Crippen LogP) is 4.44. The average molecular weight is 531 g/mol. The van der Waals surface area contributed by atoms with Gasteiger partial charge in [-0.2, -0.15) is 4.98 Å². The lowest BCUT2D eigenvalue weighted by Gasteiger charge is -2.43. The molecule has 5 rings (SSSR count). The summed E-state index contributed by atoms with van der Waals surface area (Å²) < 4.78 is 11.5. The largest absolute Gasteiger partial charge is 0.326 e. The van der Waals surface area contributed by atoms with Crippen molar-refractivity contribution in [2.45, 2.75) is 31.7 Å². The average Bonchev–Trinajstić information content (AvgIpc) is 2.91. The van der Waals surface area contributed by atoms with Crippen molar-refractivity contribution in [1.29, 1.82) is 0 Å². The number of amides is 3. The maximum atomic E-state index is 13.6. The number of rotatable bonds is 6. The second kappa shape index (κ2) is 10.4. The zero-order valence-electron chi connectivity index (χ0n) is 21.7. The number of hydrogen-bond acceptors (Lipinski definition) is 6. The van der Waals surface area contributed by atoms with Gasteiger partial charge in [-0.05, 0) is 48.2 Å². The highest BCUT2D eigenvalue weighted by Gasteiger charge is 2.39. The number of nitrogens with one attached hydrogen (secondary N) is 1. The van der Waals surface area contributed by atoms with Crippen LogP contribution in [0, 0.1) is 6.92 Å². The molecule has 0 bridgehead atoms. The lowest BCUT2D eigenvalue weighted by atomic mass is 9.91. The van der Waals surface area contributed by atoms with E-state index in [1.165, 1.54) is 6.08 Å². The summed E-state index contributed by atoms with van der Waals surface area (Å²) in [5.41, 5.74) is 5.42. The molecule has 2 aliphatic rings. The molecule has 0 saturated carbocycles. The molecule has 2 aliphatic heterocycles. The summed E-state index contributed by atoms with van der Waals surface area (Å²) in [6, 6.07) is 13.2. The van der Waals surface area contributed by atoms with Gasteiger partial charge in [-0.3, -0.25) is 13.9 Å². The molecule has 3 amide bonds. The number of nitrogens with zero attached hydrogens (tertiary/aromatic N) is 5. The number of benzene rings is 2. The molecule has 1 N–H and O–H groups in total. The van der Waals surface area contributed by atoms with Crippen molar-refractivity contribution in [3.8, 4) is 0 Å². The van der Waals surface area contributed by atoms with E-state index in [9.17, 15) is 13.8 Å². The molecule has 2 unspecified atom stereocenters. The minimum absolute atomic E-state index is 0.144. The monoisotopic (exact) mass is 530 g/mol. The van der Waals surface area contributed by atoms with Crippen LogP contribution < -0.4 is 15.1 Å². The van der Waals surface area contributed by atoms with Gasteiger partial charge in [-0.25, -0.2) is 9.78 Å². The molecule has 3 aromatic rings. The van der Waals surface area contributed by atoms with E-state index in [-0.39, 0.29) is 18.0 Å². The molecule has 2 aromatic carbocycles. The van der Waals surface area contributed by atoms with Gasteiger partial charge in [0.1, 0.15) is 5.82 Å². The molecule has 3 heterocycles. The normalized spacial score (nSPS) is 17.5. The highest BCUT2D eigenvalue weighted by Crippen LogP contribution is 2.42. The Labute approximate surface area is 224 Å². The fourth-order valence-electron chi connectivity index (χ4n) is 5.18. The first kappa shape index (κ1) is 25.6. The Hall–Kier alpha value is -4.05. The number of carbonyl (C=O) groups is 2. The summed E-state index contributed by atoms with van der Waals surface area (Å²) >= 11 is 0. The van der Waals surface area contributed by atoms with Gasteiger partial charge in [-0.1, -0.05) is 36.9 Å². The van der Waals surface area contributed by atoms with Gasteiger partial charge in [-0.15, -0.1) is 0 Å². The molecule has 0 aliphatic carbocycles. The lowest BCUT2D eigenvalue weighted by molar-refractivity contribution is -0.114. The van der Waals surface area contributed by atoms with Gasteiger partial charge in [0.2, 0.25) is 11.9 Å². The van der Waals surface area contributed by atoms with Crippen LogP contribution in [-0.4, -0.2) is 50.9 Å². The first-order valence-corrected chi connectivity index (χ1v) is 14.1. The Balaban J connectivity index is 1.40. The van der Waals surface area contributed by atoms with E-state index in [0.717, 1.165) is 33.6 Å². The molecule has 1 aromatic heterocycles. The van der Waals surface area contributed by atoms with Crippen molar-refractivity contribution < 1.29 is 13.8 Å². The zero-order valence-corrected chi connectivity index (χ0v) is 22.5. The van der Waals surface area contributed by atoms with Crippen molar-refractivity contribution in [1.82, 2.24) is 14.9 Å². The topological polar surface area (TPSA) is 98.7 Å². The second-order valence-corrected chi connectivity index (χ2v) is 11.0. The zero-order chi connectivity index (χ0) is 27.0. The number of fused-ring (bicyclic) bond motifs is 2. The number of urea groups is 1. The molecule has 10 heteroatoms. The fraction of sp³-hybridized carbons (Fsp3) is 0.286. The number of hydrogen-bond donors (Lipinski definition) is 1. The summed E-state index contributed by atoms with van der Waals surface area (Å²) in [4.78, 5) is 40.4. The maximum Gasteiger partial charge on any atom is 0.326 e. The Morgan fingerprint density at radius 1 is 1.24 bits per heavy atom. The first-order chi connectivity index (χ1) is 18.3. The summed E-state index contributed by atoms with van der Waals surface area (Å²) in [6.45, 7) is 6.50. The fourth-order valence-corrected chi connectivity index (χ4v) is 5.84. The molecule has 0 fully saturated rings. The Morgan fingerprint density at radius 2 is 2.00 bits per heavy atom. The van der Waals surface area contributed by atoms with Crippen molar-refractivity contribution in [2.75, 3.05) is 35.0 Å². The smallest absolute Gasteiger partial charge is 0.324 e. The van der Waals surface area contributed by atoms with Gasteiger partial charge >= 0.3 is 6.03 Å². The van der Waals surface area contributed by atoms with E-state index in [1.807, 2.05) is 54.3 Å². The maximum absolute atomic E-state index is 13.6. The van der Waals surface area contributed by atoms with Crippen LogP contribution in [0.5, 0.6) is 0 Å². The van der Waals surface area contributed by atoms with Gasteiger partial charge in [0.25, 0.3) is 0 Å². The Morgan fingerprint density at radius 3 is 2.71 bits per heavy atom. The SMILES string of the molecule is C=CC(=O)N1CCC(N2Cc3cnc(Nc4ccc(CS(C)=O)cc4)nc3N(C)C2=O)c2cccc(C)c21. The van der Waals surface area contributed by atoms with Crippen LogP contribution in [0.4, 0.5) is 27.9 Å². The van der Waals surface area contributed by atoms with Crippen molar-refractivity contribution in [2.24, 2.45) is 0 Å². The Bertz CT molecular complexity index is 1440. The standard InChI is InChI=1S/C28H30N6O3S/c1-5-24(35)33-14-13-23(22-8-6-7-18(2)25(22)33)34-16-20-15-29-27(31-26(20)32(3)28(34)36)30-21-11-9-19(10-12-21)17-38(4)37/h5-12,15,23H,1,13-14,16-17H2,2-4H3,(H,29,30,31). The summed E-state index contributed by atoms with van der Waals surface area (Å²) in [6.07, 6.45) is 5.38. The van der Waals surface area contributed by atoms with Gasteiger partial charge in [0.15, 0.2) is 0 Å². The van der Waals surface area contributed by atoms with Gasteiger partial charge in [0, 0.05) is 53.8 Å². The van der Waals surface area contributed by atoms with Crippen molar-refractivity contribution in [3.63, 3.8) is 0 Å². The molecule has 38 heavy (non-hydrogen) atoms. The first-order valence-electron chi connectivity index (χ1n) is 12.4. The van der Waals surface area contributed by atoms with E-state index in [0.29, 0.717) is 37.0 Å². The number of aryl methyl sites for hydroxylation is 1. The van der Waals surface area contributed by atoms with E-state index >= 15 is 0 Å². The quantitative estimate of drug-likeness (QED) is 0.473. The third kappa shape index (κ3) is 4.79. The molecule has 0 saturated heterocycles. The number of para-hydroxylation sites is 1. The summed E-state index contributed by atoms with van der Waals surface area (Å²) in [5.74, 6) is 1.31. The highest BCUT2D eigenvalue weighted by molar-refractivity contribution is 7.83.